The van der Waals surface area contributed by atoms with Gasteiger partial charge in [0.2, 0.25) is 0 Å². The molecule has 0 saturated heterocycles. The minimum absolute atomic E-state index is 0.473. The maximum absolute atomic E-state index is 2.54. The molecule has 3 aliphatic carbocycles. The van der Waals surface area contributed by atoms with E-state index in [9.17, 15) is 0 Å². The van der Waals surface area contributed by atoms with Gasteiger partial charge in [-0.2, -0.15) is 0 Å². The Morgan fingerprint density at radius 2 is 1.79 bits per heavy atom. The number of benzene rings is 2. The topological polar surface area (TPSA) is 0 Å². The molecule has 0 radical (unpaired) electrons. The summed E-state index contributed by atoms with van der Waals surface area (Å²) in [7, 11) is 0. The van der Waals surface area contributed by atoms with Crippen LogP contribution in [0, 0.1) is 18.3 Å². The number of hydrogen-bond donors (Lipinski definition) is 0. The molecule has 0 amide bonds. The molecule has 0 aromatic heterocycles. The van der Waals surface area contributed by atoms with Crippen LogP contribution in [0.25, 0.3) is 10.8 Å². The van der Waals surface area contributed by atoms with Gasteiger partial charge in [-0.05, 0) is 59.4 Å². The summed E-state index contributed by atoms with van der Waals surface area (Å²) in [5.41, 5.74) is 4.04. The molecule has 2 aromatic rings. The van der Waals surface area contributed by atoms with Crippen LogP contribution in [0.1, 0.15) is 30.4 Å². The summed E-state index contributed by atoms with van der Waals surface area (Å²) in [4.78, 5) is 0. The molecule has 19 heavy (non-hydrogen) atoms. The Kier molecular flexibility index (Phi) is 1.59. The summed E-state index contributed by atoms with van der Waals surface area (Å²) < 4.78 is 0. The number of rotatable bonds is 1. The highest BCUT2D eigenvalue weighted by Crippen LogP contribution is 2.78. The van der Waals surface area contributed by atoms with Crippen molar-refractivity contribution in [1.82, 2.24) is 0 Å². The first-order valence-corrected chi connectivity index (χ1v) is 7.45. The van der Waals surface area contributed by atoms with Crippen molar-refractivity contribution >= 4 is 10.8 Å². The lowest BCUT2D eigenvalue weighted by atomic mass is 9.78. The van der Waals surface area contributed by atoms with E-state index in [0.29, 0.717) is 10.8 Å². The van der Waals surface area contributed by atoms with Crippen LogP contribution < -0.4 is 0 Å². The predicted octanol–water partition coefficient (Wildman–Crippen LogP) is 4.76. The van der Waals surface area contributed by atoms with Crippen molar-refractivity contribution in [3.8, 4) is 0 Å². The van der Waals surface area contributed by atoms with E-state index in [1.54, 1.807) is 5.56 Å². The third kappa shape index (κ3) is 1.04. The van der Waals surface area contributed by atoms with Crippen LogP contribution in [-0.2, 0) is 5.41 Å². The smallest absolute Gasteiger partial charge is 0.0119 e. The highest BCUT2D eigenvalue weighted by molar-refractivity contribution is 5.90. The lowest BCUT2D eigenvalue weighted by Gasteiger charge is -2.24. The van der Waals surface area contributed by atoms with Gasteiger partial charge < -0.3 is 0 Å². The molecule has 1 spiro atoms. The Labute approximate surface area is 114 Å². The van der Waals surface area contributed by atoms with E-state index in [-0.39, 0.29) is 0 Å². The standard InChI is InChI=1S/C19H18/c1-13-6-7-17(16-5-3-2-4-15(13)16)19-12-14(19)8-9-18(19)10-11-18/h2-9,14H,10-12H2,1H3. The van der Waals surface area contributed by atoms with Crippen molar-refractivity contribution in [2.75, 3.05) is 0 Å². The third-order valence-electron chi connectivity index (χ3n) is 5.96. The van der Waals surface area contributed by atoms with Crippen LogP contribution in [-0.4, -0.2) is 0 Å². The van der Waals surface area contributed by atoms with Crippen LogP contribution in [0.2, 0.25) is 0 Å². The van der Waals surface area contributed by atoms with Crippen molar-refractivity contribution in [1.29, 1.82) is 0 Å². The summed E-state index contributed by atoms with van der Waals surface area (Å²) in [6.45, 7) is 2.23. The van der Waals surface area contributed by atoms with Gasteiger partial charge >= 0.3 is 0 Å². The van der Waals surface area contributed by atoms with E-state index >= 15 is 0 Å². The molecule has 0 heterocycles. The van der Waals surface area contributed by atoms with Gasteiger partial charge in [0.15, 0.2) is 0 Å². The molecule has 2 unspecified atom stereocenters. The lowest BCUT2D eigenvalue weighted by molar-refractivity contribution is 0.479. The molecule has 0 N–H and O–H groups in total. The molecule has 0 heteroatoms. The largest absolute Gasteiger partial charge is 0.0839 e. The predicted molar refractivity (Wildman–Crippen MR) is 79.3 cm³/mol. The molecule has 3 aliphatic rings. The zero-order valence-corrected chi connectivity index (χ0v) is 11.3. The van der Waals surface area contributed by atoms with Crippen LogP contribution in [0.4, 0.5) is 0 Å². The highest BCUT2D eigenvalue weighted by Gasteiger charge is 2.73. The Balaban J connectivity index is 1.82. The van der Waals surface area contributed by atoms with Gasteiger partial charge in [-0.1, -0.05) is 48.6 Å². The summed E-state index contributed by atoms with van der Waals surface area (Å²) in [5.74, 6) is 0.820. The maximum Gasteiger partial charge on any atom is 0.0119 e. The minimum atomic E-state index is 0.473. The van der Waals surface area contributed by atoms with Crippen LogP contribution in [0.15, 0.2) is 48.6 Å². The third-order valence-corrected chi connectivity index (χ3v) is 5.96. The van der Waals surface area contributed by atoms with E-state index in [0.717, 1.165) is 5.92 Å². The first kappa shape index (κ1) is 10.3. The molecule has 5 rings (SSSR count). The molecule has 0 bridgehead atoms. The van der Waals surface area contributed by atoms with Crippen LogP contribution in [0.5, 0.6) is 0 Å². The minimum Gasteiger partial charge on any atom is -0.0839 e. The summed E-state index contributed by atoms with van der Waals surface area (Å²) in [6.07, 6.45) is 9.23. The summed E-state index contributed by atoms with van der Waals surface area (Å²) >= 11 is 0. The quantitative estimate of drug-likeness (QED) is 0.637. The van der Waals surface area contributed by atoms with Gasteiger partial charge in [-0.15, -0.1) is 0 Å². The number of allylic oxidation sites excluding steroid dienone is 2. The monoisotopic (exact) mass is 246 g/mol. The molecule has 2 fully saturated rings. The number of hydrogen-bond acceptors (Lipinski definition) is 0. The SMILES string of the molecule is Cc1ccc(C23CC2C=CC32CC2)c2ccccc12. The van der Waals surface area contributed by atoms with E-state index in [4.69, 9.17) is 0 Å². The molecule has 2 atom stereocenters. The Bertz CT molecular complexity index is 733. The number of fused-ring (bicyclic) bond motifs is 3. The second-order valence-electron chi connectivity index (χ2n) is 6.77. The van der Waals surface area contributed by atoms with Gasteiger partial charge in [-0.25, -0.2) is 0 Å². The fourth-order valence-electron chi connectivity index (χ4n) is 4.71. The van der Waals surface area contributed by atoms with Crippen molar-refractivity contribution in [3.63, 3.8) is 0 Å². The van der Waals surface area contributed by atoms with Gasteiger partial charge in [0.05, 0.1) is 0 Å². The van der Waals surface area contributed by atoms with Crippen molar-refractivity contribution in [2.24, 2.45) is 11.3 Å². The molecular weight excluding hydrogens is 228 g/mol. The second kappa shape index (κ2) is 2.95. The first-order chi connectivity index (χ1) is 9.27. The zero-order valence-electron chi connectivity index (χ0n) is 11.3. The van der Waals surface area contributed by atoms with E-state index in [1.165, 1.54) is 35.6 Å². The van der Waals surface area contributed by atoms with E-state index < -0.39 is 0 Å². The van der Waals surface area contributed by atoms with E-state index in [1.807, 2.05) is 0 Å². The van der Waals surface area contributed by atoms with Crippen molar-refractivity contribution in [2.45, 2.75) is 31.6 Å². The van der Waals surface area contributed by atoms with Gasteiger partial charge in [0.25, 0.3) is 0 Å². The Morgan fingerprint density at radius 3 is 2.53 bits per heavy atom. The van der Waals surface area contributed by atoms with Crippen molar-refractivity contribution in [3.05, 3.63) is 59.7 Å². The molecule has 0 nitrogen and oxygen atoms in total. The fourth-order valence-corrected chi connectivity index (χ4v) is 4.71. The average Bonchev–Trinajstić information content (AvgIpc) is 3.31. The zero-order chi connectivity index (χ0) is 12.7. The Morgan fingerprint density at radius 1 is 1.00 bits per heavy atom. The highest BCUT2D eigenvalue weighted by atomic mass is 14.8. The van der Waals surface area contributed by atoms with Crippen molar-refractivity contribution < 1.29 is 0 Å². The summed E-state index contributed by atoms with van der Waals surface area (Å²) in [5, 5.41) is 2.95. The van der Waals surface area contributed by atoms with Gasteiger partial charge in [0.1, 0.15) is 0 Å². The van der Waals surface area contributed by atoms with Gasteiger partial charge in [-0.3, -0.25) is 0 Å². The first-order valence-electron chi connectivity index (χ1n) is 7.45. The van der Waals surface area contributed by atoms with Crippen LogP contribution >= 0.6 is 0 Å². The second-order valence-corrected chi connectivity index (χ2v) is 6.77. The Hall–Kier alpha value is -1.56. The molecular formula is C19H18. The van der Waals surface area contributed by atoms with Gasteiger partial charge in [0, 0.05) is 5.41 Å². The lowest BCUT2D eigenvalue weighted by Crippen LogP contribution is -2.19. The molecule has 0 aliphatic heterocycles. The fraction of sp³-hybridized carbons (Fsp3) is 0.368. The number of aryl methyl sites for hydroxylation is 1. The molecule has 2 saturated carbocycles. The molecule has 94 valence electrons. The maximum atomic E-state index is 2.54. The normalized spacial score (nSPS) is 32.8. The average molecular weight is 246 g/mol. The summed E-state index contributed by atoms with van der Waals surface area (Å²) in [6, 6.07) is 13.7. The van der Waals surface area contributed by atoms with Crippen LogP contribution in [0.3, 0.4) is 0 Å². The van der Waals surface area contributed by atoms with E-state index in [2.05, 4.69) is 55.5 Å². The molecule has 2 aromatic carbocycles.